The third kappa shape index (κ3) is 3.45. The average molecular weight is 306 g/mol. The maximum absolute atomic E-state index is 12.3. The molecule has 1 heterocycles. The number of hydrogen-bond donors (Lipinski definition) is 1. The Morgan fingerprint density at radius 3 is 2.52 bits per heavy atom. The van der Waals surface area contributed by atoms with Crippen LogP contribution < -0.4 is 5.32 Å². The first-order valence-electron chi connectivity index (χ1n) is 7.98. The van der Waals surface area contributed by atoms with Crippen molar-refractivity contribution >= 4 is 22.5 Å². The molecule has 0 aliphatic carbocycles. The highest BCUT2D eigenvalue weighted by Gasteiger charge is 2.07. The molecule has 1 aromatic heterocycles. The first-order valence-corrected chi connectivity index (χ1v) is 7.98. The Morgan fingerprint density at radius 1 is 1.09 bits per heavy atom. The van der Waals surface area contributed by atoms with E-state index >= 15 is 0 Å². The standard InChI is InChI=1S/C20H22N2O/c1-14(2)16-5-7-18(8-6-16)21-20(23)13-22-11-10-17-12-15(3)4-9-19(17)22/h4-12,14H,13H2,1-3H3,(H,21,23). The van der Waals surface area contributed by atoms with Gasteiger partial charge in [0, 0.05) is 17.4 Å². The van der Waals surface area contributed by atoms with E-state index in [1.807, 2.05) is 29.0 Å². The van der Waals surface area contributed by atoms with Gasteiger partial charge in [0.15, 0.2) is 0 Å². The molecular weight excluding hydrogens is 284 g/mol. The van der Waals surface area contributed by atoms with E-state index in [0.29, 0.717) is 12.5 Å². The Hall–Kier alpha value is -2.55. The number of amides is 1. The average Bonchev–Trinajstić information content (AvgIpc) is 2.89. The van der Waals surface area contributed by atoms with Crippen LogP contribution in [0, 0.1) is 6.92 Å². The summed E-state index contributed by atoms with van der Waals surface area (Å²) in [5, 5.41) is 4.13. The second-order valence-electron chi connectivity index (χ2n) is 6.33. The quantitative estimate of drug-likeness (QED) is 0.744. The molecule has 0 saturated heterocycles. The molecule has 0 fully saturated rings. The molecule has 23 heavy (non-hydrogen) atoms. The van der Waals surface area contributed by atoms with Crippen molar-refractivity contribution in [3.8, 4) is 0 Å². The predicted molar refractivity (Wildman–Crippen MR) is 95.8 cm³/mol. The number of benzene rings is 2. The molecule has 0 unspecified atom stereocenters. The van der Waals surface area contributed by atoms with E-state index in [2.05, 4.69) is 56.4 Å². The SMILES string of the molecule is Cc1ccc2c(ccn2CC(=O)Nc2ccc(C(C)C)cc2)c1. The topological polar surface area (TPSA) is 34.0 Å². The highest BCUT2D eigenvalue weighted by Crippen LogP contribution is 2.19. The van der Waals surface area contributed by atoms with Crippen molar-refractivity contribution in [3.63, 3.8) is 0 Å². The Labute approximate surface area is 136 Å². The zero-order valence-electron chi connectivity index (χ0n) is 13.8. The molecule has 0 saturated carbocycles. The summed E-state index contributed by atoms with van der Waals surface area (Å²) < 4.78 is 1.98. The van der Waals surface area contributed by atoms with Crippen molar-refractivity contribution in [2.75, 3.05) is 5.32 Å². The fraction of sp³-hybridized carbons (Fsp3) is 0.250. The largest absolute Gasteiger partial charge is 0.338 e. The summed E-state index contributed by atoms with van der Waals surface area (Å²) in [6, 6.07) is 16.4. The predicted octanol–water partition coefficient (Wildman–Crippen LogP) is 4.71. The molecule has 3 aromatic rings. The molecule has 1 N–H and O–H groups in total. The number of rotatable bonds is 4. The van der Waals surface area contributed by atoms with E-state index in [4.69, 9.17) is 0 Å². The van der Waals surface area contributed by atoms with Gasteiger partial charge in [-0.25, -0.2) is 0 Å². The Balaban J connectivity index is 1.71. The van der Waals surface area contributed by atoms with Crippen molar-refractivity contribution in [1.82, 2.24) is 4.57 Å². The van der Waals surface area contributed by atoms with Crippen LogP contribution in [-0.4, -0.2) is 10.5 Å². The third-order valence-corrected chi connectivity index (χ3v) is 4.10. The van der Waals surface area contributed by atoms with Crippen LogP contribution in [0.3, 0.4) is 0 Å². The van der Waals surface area contributed by atoms with Gasteiger partial charge in [-0.3, -0.25) is 4.79 Å². The number of aryl methyl sites for hydroxylation is 1. The van der Waals surface area contributed by atoms with E-state index in [1.165, 1.54) is 16.5 Å². The summed E-state index contributed by atoms with van der Waals surface area (Å²) in [4.78, 5) is 12.3. The number of anilines is 1. The van der Waals surface area contributed by atoms with Crippen LogP contribution in [0.1, 0.15) is 30.9 Å². The third-order valence-electron chi connectivity index (χ3n) is 4.10. The lowest BCUT2D eigenvalue weighted by atomic mass is 10.0. The molecule has 0 atom stereocenters. The van der Waals surface area contributed by atoms with Crippen molar-refractivity contribution in [2.45, 2.75) is 33.2 Å². The van der Waals surface area contributed by atoms with Gasteiger partial charge in [-0.05, 0) is 54.1 Å². The lowest BCUT2D eigenvalue weighted by molar-refractivity contribution is -0.116. The van der Waals surface area contributed by atoms with Gasteiger partial charge in [0.2, 0.25) is 5.91 Å². The van der Waals surface area contributed by atoms with Crippen LogP contribution >= 0.6 is 0 Å². The second-order valence-corrected chi connectivity index (χ2v) is 6.33. The maximum atomic E-state index is 12.3. The Bertz CT molecular complexity index is 828. The van der Waals surface area contributed by atoms with E-state index in [-0.39, 0.29) is 5.91 Å². The molecule has 1 amide bonds. The molecule has 0 aliphatic rings. The van der Waals surface area contributed by atoms with Gasteiger partial charge >= 0.3 is 0 Å². The summed E-state index contributed by atoms with van der Waals surface area (Å²) in [5.41, 5.74) is 4.42. The van der Waals surface area contributed by atoms with Crippen LogP contribution in [0.15, 0.2) is 54.7 Å². The number of carbonyl (C=O) groups excluding carboxylic acids is 1. The van der Waals surface area contributed by atoms with Crippen molar-refractivity contribution in [1.29, 1.82) is 0 Å². The van der Waals surface area contributed by atoms with Gasteiger partial charge in [-0.1, -0.05) is 37.6 Å². The first-order chi connectivity index (χ1) is 11.0. The number of aromatic nitrogens is 1. The van der Waals surface area contributed by atoms with Gasteiger partial charge in [0.25, 0.3) is 0 Å². The second kappa shape index (κ2) is 6.29. The summed E-state index contributed by atoms with van der Waals surface area (Å²) in [6.45, 7) is 6.71. The maximum Gasteiger partial charge on any atom is 0.244 e. The highest BCUT2D eigenvalue weighted by molar-refractivity contribution is 5.92. The highest BCUT2D eigenvalue weighted by atomic mass is 16.1. The van der Waals surface area contributed by atoms with E-state index in [0.717, 1.165) is 11.2 Å². The van der Waals surface area contributed by atoms with Crippen LogP contribution in [0.25, 0.3) is 10.9 Å². The number of hydrogen-bond acceptors (Lipinski definition) is 1. The molecule has 3 rings (SSSR count). The van der Waals surface area contributed by atoms with Crippen LogP contribution in [0.5, 0.6) is 0 Å². The molecule has 0 aliphatic heterocycles. The van der Waals surface area contributed by atoms with E-state index < -0.39 is 0 Å². The number of fused-ring (bicyclic) bond motifs is 1. The van der Waals surface area contributed by atoms with E-state index in [1.54, 1.807) is 0 Å². The van der Waals surface area contributed by atoms with Gasteiger partial charge < -0.3 is 9.88 Å². The minimum Gasteiger partial charge on any atom is -0.338 e. The number of carbonyl (C=O) groups is 1. The van der Waals surface area contributed by atoms with Crippen molar-refractivity contribution < 1.29 is 4.79 Å². The van der Waals surface area contributed by atoms with Gasteiger partial charge in [-0.15, -0.1) is 0 Å². The molecule has 0 spiro atoms. The zero-order valence-corrected chi connectivity index (χ0v) is 13.8. The molecular formula is C20H22N2O. The van der Waals surface area contributed by atoms with Crippen LogP contribution in [0.4, 0.5) is 5.69 Å². The number of nitrogens with one attached hydrogen (secondary N) is 1. The zero-order chi connectivity index (χ0) is 16.4. The minimum atomic E-state index is -0.0135. The number of nitrogens with zero attached hydrogens (tertiary/aromatic N) is 1. The summed E-state index contributed by atoms with van der Waals surface area (Å²) in [6.07, 6.45) is 1.96. The smallest absolute Gasteiger partial charge is 0.244 e. The van der Waals surface area contributed by atoms with Crippen LogP contribution in [0.2, 0.25) is 0 Å². The molecule has 0 radical (unpaired) electrons. The van der Waals surface area contributed by atoms with E-state index in [9.17, 15) is 4.79 Å². The van der Waals surface area contributed by atoms with Crippen LogP contribution in [-0.2, 0) is 11.3 Å². The lowest BCUT2D eigenvalue weighted by Crippen LogP contribution is -2.18. The van der Waals surface area contributed by atoms with Crippen molar-refractivity contribution in [2.24, 2.45) is 0 Å². The fourth-order valence-electron chi connectivity index (χ4n) is 2.76. The molecule has 118 valence electrons. The molecule has 3 nitrogen and oxygen atoms in total. The summed E-state index contributed by atoms with van der Waals surface area (Å²) >= 11 is 0. The Kier molecular flexibility index (Phi) is 4.20. The van der Waals surface area contributed by atoms with Gasteiger partial charge in [-0.2, -0.15) is 0 Å². The normalized spacial score (nSPS) is 11.1. The van der Waals surface area contributed by atoms with Crippen molar-refractivity contribution in [3.05, 3.63) is 65.9 Å². The first kappa shape index (κ1) is 15.3. The summed E-state index contributed by atoms with van der Waals surface area (Å²) in [7, 11) is 0. The fourth-order valence-corrected chi connectivity index (χ4v) is 2.76. The molecule has 2 aromatic carbocycles. The molecule has 3 heteroatoms. The van der Waals surface area contributed by atoms with Gasteiger partial charge in [0.1, 0.15) is 6.54 Å². The molecule has 0 bridgehead atoms. The lowest BCUT2D eigenvalue weighted by Gasteiger charge is -2.09. The Morgan fingerprint density at radius 2 is 1.83 bits per heavy atom. The monoisotopic (exact) mass is 306 g/mol. The van der Waals surface area contributed by atoms with Gasteiger partial charge in [0.05, 0.1) is 0 Å². The summed E-state index contributed by atoms with van der Waals surface area (Å²) in [5.74, 6) is 0.481. The minimum absolute atomic E-state index is 0.0135.